The van der Waals surface area contributed by atoms with Crippen LogP contribution in [-0.2, 0) is 9.59 Å². The molecule has 1 fully saturated rings. The average molecular weight is 212 g/mol. The molecule has 0 unspecified atom stereocenters. The molecule has 1 N–H and O–H groups in total. The van der Waals surface area contributed by atoms with E-state index in [4.69, 9.17) is 0 Å². The summed E-state index contributed by atoms with van der Waals surface area (Å²) in [7, 11) is 1.61. The second-order valence-electron chi connectivity index (χ2n) is 5.07. The van der Waals surface area contributed by atoms with Crippen LogP contribution in [0.1, 0.15) is 33.6 Å². The molecule has 2 amide bonds. The highest BCUT2D eigenvalue weighted by atomic mass is 16.2. The predicted octanol–water partition coefficient (Wildman–Crippen LogP) is 0.769. The molecule has 1 atom stereocenters. The number of likely N-dealkylation sites (tertiary alicyclic amines) is 1. The molecule has 4 heteroatoms. The van der Waals surface area contributed by atoms with Crippen LogP contribution in [0.3, 0.4) is 0 Å². The summed E-state index contributed by atoms with van der Waals surface area (Å²) < 4.78 is 0. The summed E-state index contributed by atoms with van der Waals surface area (Å²) in [5.74, 6) is 0.0243. The Morgan fingerprint density at radius 2 is 2.07 bits per heavy atom. The molecule has 0 saturated carbocycles. The van der Waals surface area contributed by atoms with Gasteiger partial charge in [0.05, 0.1) is 0 Å². The highest BCUT2D eigenvalue weighted by Gasteiger charge is 2.39. The lowest BCUT2D eigenvalue weighted by atomic mass is 9.85. The van der Waals surface area contributed by atoms with Crippen LogP contribution in [0.4, 0.5) is 0 Å². The van der Waals surface area contributed by atoms with Crippen LogP contribution in [0.25, 0.3) is 0 Å². The Hall–Kier alpha value is -1.06. The van der Waals surface area contributed by atoms with E-state index < -0.39 is 0 Å². The number of hydrogen-bond acceptors (Lipinski definition) is 2. The molecule has 1 heterocycles. The molecule has 0 aromatic rings. The number of rotatable bonds is 2. The highest BCUT2D eigenvalue weighted by Crippen LogP contribution is 2.28. The van der Waals surface area contributed by atoms with Gasteiger partial charge in [0.1, 0.15) is 6.04 Å². The zero-order valence-electron chi connectivity index (χ0n) is 9.96. The van der Waals surface area contributed by atoms with E-state index in [0.29, 0.717) is 13.0 Å². The molecule has 0 radical (unpaired) electrons. The Labute approximate surface area is 91.0 Å². The molecule has 1 aliphatic heterocycles. The van der Waals surface area contributed by atoms with Crippen LogP contribution in [0.5, 0.6) is 0 Å². The zero-order chi connectivity index (χ0) is 11.6. The number of carbonyl (C=O) groups is 2. The van der Waals surface area contributed by atoms with Gasteiger partial charge in [-0.15, -0.1) is 0 Å². The monoisotopic (exact) mass is 212 g/mol. The van der Waals surface area contributed by atoms with Gasteiger partial charge in [-0.05, 0) is 11.8 Å². The number of carbonyl (C=O) groups excluding carboxylic acids is 2. The van der Waals surface area contributed by atoms with Crippen molar-refractivity contribution in [3.05, 3.63) is 0 Å². The molecule has 1 saturated heterocycles. The van der Waals surface area contributed by atoms with Gasteiger partial charge in [-0.25, -0.2) is 0 Å². The van der Waals surface area contributed by atoms with E-state index in [2.05, 4.69) is 5.32 Å². The van der Waals surface area contributed by atoms with Gasteiger partial charge in [-0.1, -0.05) is 20.8 Å². The predicted molar refractivity (Wildman–Crippen MR) is 58.3 cm³/mol. The third-order valence-corrected chi connectivity index (χ3v) is 2.74. The second kappa shape index (κ2) is 4.21. The quantitative estimate of drug-likeness (QED) is 0.735. The minimum absolute atomic E-state index is 0.0715. The maximum atomic E-state index is 11.8. The van der Waals surface area contributed by atoms with E-state index >= 15 is 0 Å². The molecule has 1 aliphatic rings. The van der Waals surface area contributed by atoms with Crippen LogP contribution in [-0.4, -0.2) is 36.3 Å². The molecule has 0 aliphatic carbocycles. The van der Waals surface area contributed by atoms with E-state index in [9.17, 15) is 9.59 Å². The third-order valence-electron chi connectivity index (χ3n) is 2.74. The van der Waals surface area contributed by atoms with Crippen LogP contribution in [0.15, 0.2) is 0 Å². The van der Waals surface area contributed by atoms with Crippen molar-refractivity contribution < 1.29 is 9.59 Å². The van der Waals surface area contributed by atoms with Crippen LogP contribution in [0, 0.1) is 5.41 Å². The normalized spacial score (nSPS) is 19.2. The number of nitrogens with zero attached hydrogens (tertiary/aromatic N) is 1. The Morgan fingerprint density at radius 3 is 2.40 bits per heavy atom. The topological polar surface area (TPSA) is 49.4 Å². The number of likely N-dealkylation sites (N-methyl/N-ethyl adjacent to an activating group) is 1. The van der Waals surface area contributed by atoms with Gasteiger partial charge in [-0.2, -0.15) is 0 Å². The molecular formula is C11H20N2O2. The zero-order valence-corrected chi connectivity index (χ0v) is 9.96. The first-order valence-corrected chi connectivity index (χ1v) is 5.39. The van der Waals surface area contributed by atoms with Crippen LogP contribution in [0.2, 0.25) is 0 Å². The highest BCUT2D eigenvalue weighted by molar-refractivity contribution is 5.89. The fourth-order valence-corrected chi connectivity index (χ4v) is 2.08. The number of amides is 2. The second-order valence-corrected chi connectivity index (χ2v) is 5.07. The molecule has 1 rings (SSSR count). The van der Waals surface area contributed by atoms with Crippen LogP contribution >= 0.6 is 0 Å². The molecule has 0 bridgehead atoms. The molecule has 0 aromatic heterocycles. The molecule has 86 valence electrons. The summed E-state index contributed by atoms with van der Waals surface area (Å²) in [4.78, 5) is 25.1. The van der Waals surface area contributed by atoms with E-state index in [0.717, 1.165) is 6.42 Å². The summed E-state index contributed by atoms with van der Waals surface area (Å²) in [6.45, 7) is 6.66. The van der Waals surface area contributed by atoms with Crippen molar-refractivity contribution in [3.8, 4) is 0 Å². The lowest BCUT2D eigenvalue weighted by molar-refractivity contribution is -0.141. The molecule has 0 spiro atoms. The van der Waals surface area contributed by atoms with Crippen molar-refractivity contribution in [2.45, 2.75) is 39.7 Å². The number of hydrogen-bond donors (Lipinski definition) is 1. The first-order chi connectivity index (χ1) is 6.88. The van der Waals surface area contributed by atoms with Gasteiger partial charge in [0, 0.05) is 20.0 Å². The van der Waals surface area contributed by atoms with Gasteiger partial charge in [0.15, 0.2) is 0 Å². The van der Waals surface area contributed by atoms with Gasteiger partial charge in [-0.3, -0.25) is 9.59 Å². The summed E-state index contributed by atoms with van der Waals surface area (Å²) in [5.41, 5.74) is -0.222. The van der Waals surface area contributed by atoms with Crippen molar-refractivity contribution in [3.63, 3.8) is 0 Å². The first-order valence-electron chi connectivity index (χ1n) is 5.39. The minimum Gasteiger partial charge on any atom is -0.357 e. The molecule has 4 nitrogen and oxygen atoms in total. The fourth-order valence-electron chi connectivity index (χ4n) is 2.08. The molecule has 15 heavy (non-hydrogen) atoms. The van der Waals surface area contributed by atoms with Crippen LogP contribution < -0.4 is 5.32 Å². The molecule has 0 aromatic carbocycles. The van der Waals surface area contributed by atoms with Crippen molar-refractivity contribution >= 4 is 11.8 Å². The Bertz CT molecular complexity index is 268. The standard InChI is InChI=1S/C11H20N2O2/c1-11(2,3)9(10(15)12-4)13-7-5-6-8(13)14/h9H,5-7H2,1-4H3,(H,12,15)/t9-/m1/s1. The van der Waals surface area contributed by atoms with Gasteiger partial charge >= 0.3 is 0 Å². The van der Waals surface area contributed by atoms with Crippen molar-refractivity contribution in [2.75, 3.05) is 13.6 Å². The fraction of sp³-hybridized carbons (Fsp3) is 0.818. The first kappa shape index (κ1) is 12.0. The van der Waals surface area contributed by atoms with E-state index in [1.807, 2.05) is 20.8 Å². The SMILES string of the molecule is CNC(=O)[C@@H](N1CCCC1=O)C(C)(C)C. The summed E-state index contributed by atoms with van der Waals surface area (Å²) in [6, 6.07) is -0.350. The summed E-state index contributed by atoms with van der Waals surface area (Å²) in [5, 5.41) is 2.64. The Kier molecular flexibility index (Phi) is 3.37. The Balaban J connectivity index is 2.90. The lowest BCUT2D eigenvalue weighted by Gasteiger charge is -2.36. The third kappa shape index (κ3) is 2.49. The minimum atomic E-state index is -0.350. The van der Waals surface area contributed by atoms with Gasteiger partial charge in [0.25, 0.3) is 0 Å². The van der Waals surface area contributed by atoms with Crippen molar-refractivity contribution in [1.29, 1.82) is 0 Å². The average Bonchev–Trinajstić information content (AvgIpc) is 2.50. The summed E-state index contributed by atoms with van der Waals surface area (Å²) in [6.07, 6.45) is 1.44. The Morgan fingerprint density at radius 1 is 1.47 bits per heavy atom. The maximum Gasteiger partial charge on any atom is 0.243 e. The maximum absolute atomic E-state index is 11.8. The van der Waals surface area contributed by atoms with Gasteiger partial charge < -0.3 is 10.2 Å². The summed E-state index contributed by atoms with van der Waals surface area (Å²) >= 11 is 0. The van der Waals surface area contributed by atoms with Gasteiger partial charge in [0.2, 0.25) is 11.8 Å². The van der Waals surface area contributed by atoms with Crippen molar-refractivity contribution in [1.82, 2.24) is 10.2 Å². The number of nitrogens with one attached hydrogen (secondary N) is 1. The lowest BCUT2D eigenvalue weighted by Crippen LogP contribution is -2.53. The van der Waals surface area contributed by atoms with E-state index in [1.54, 1.807) is 11.9 Å². The van der Waals surface area contributed by atoms with E-state index in [1.165, 1.54) is 0 Å². The van der Waals surface area contributed by atoms with E-state index in [-0.39, 0.29) is 23.3 Å². The van der Waals surface area contributed by atoms with Crippen molar-refractivity contribution in [2.24, 2.45) is 5.41 Å². The molecular weight excluding hydrogens is 192 g/mol. The smallest absolute Gasteiger partial charge is 0.243 e. The largest absolute Gasteiger partial charge is 0.357 e.